The Bertz CT molecular complexity index is 383. The highest BCUT2D eigenvalue weighted by Gasteiger charge is 2.26. The van der Waals surface area contributed by atoms with Gasteiger partial charge >= 0.3 is 0 Å². The number of halogens is 1. The summed E-state index contributed by atoms with van der Waals surface area (Å²) in [6, 6.07) is 0. The Morgan fingerprint density at radius 2 is 1.88 bits per heavy atom. The fourth-order valence-electron chi connectivity index (χ4n) is 1.26. The highest BCUT2D eigenvalue weighted by atomic mass is 19.1. The summed E-state index contributed by atoms with van der Waals surface area (Å²) in [7, 11) is 0. The molecule has 1 aliphatic carbocycles. The third kappa shape index (κ3) is 2.84. The molecule has 16 heavy (non-hydrogen) atoms. The third-order valence-electron chi connectivity index (χ3n) is 2.05. The molecule has 4 heteroatoms. The molecule has 1 saturated carbocycles. The van der Waals surface area contributed by atoms with Crippen LogP contribution < -0.4 is 9.47 Å². The second-order valence-corrected chi connectivity index (χ2v) is 4.98. The van der Waals surface area contributed by atoms with Gasteiger partial charge in [-0.05, 0) is 33.6 Å². The van der Waals surface area contributed by atoms with Crippen molar-refractivity contribution < 1.29 is 13.9 Å². The van der Waals surface area contributed by atoms with E-state index in [9.17, 15) is 4.39 Å². The minimum atomic E-state index is -0.461. The molecule has 1 aromatic rings. The number of aromatic nitrogens is 1. The van der Waals surface area contributed by atoms with Crippen LogP contribution >= 0.6 is 0 Å². The van der Waals surface area contributed by atoms with Crippen molar-refractivity contribution in [1.82, 2.24) is 4.98 Å². The second-order valence-electron chi connectivity index (χ2n) is 4.98. The first kappa shape index (κ1) is 11.2. The molecule has 1 aliphatic rings. The third-order valence-corrected chi connectivity index (χ3v) is 2.05. The molecule has 0 saturated heterocycles. The lowest BCUT2D eigenvalue weighted by Gasteiger charge is -2.21. The molecule has 0 N–H and O–H groups in total. The van der Waals surface area contributed by atoms with Gasteiger partial charge in [0.15, 0.2) is 11.5 Å². The van der Waals surface area contributed by atoms with E-state index in [1.807, 2.05) is 20.8 Å². The Morgan fingerprint density at radius 1 is 1.25 bits per heavy atom. The predicted molar refractivity (Wildman–Crippen MR) is 58.2 cm³/mol. The Balaban J connectivity index is 2.18. The lowest BCUT2D eigenvalue weighted by Crippen LogP contribution is -2.23. The molecule has 3 nitrogen and oxygen atoms in total. The van der Waals surface area contributed by atoms with Crippen LogP contribution in [0.2, 0.25) is 0 Å². The standard InChI is InChI=1S/C12H16FNO2/c1-12(2,3)16-10-7-14-6-9(11(10)13)15-8-4-5-8/h6-8H,4-5H2,1-3H3. The Labute approximate surface area is 94.6 Å². The molecule has 0 spiro atoms. The molecule has 0 atom stereocenters. The first-order valence-electron chi connectivity index (χ1n) is 5.45. The monoisotopic (exact) mass is 225 g/mol. The Kier molecular flexibility index (Phi) is 2.74. The molecule has 2 rings (SSSR count). The van der Waals surface area contributed by atoms with Crippen LogP contribution in [0.1, 0.15) is 33.6 Å². The van der Waals surface area contributed by atoms with E-state index in [4.69, 9.17) is 9.47 Å². The summed E-state index contributed by atoms with van der Waals surface area (Å²) in [6.07, 6.45) is 4.90. The van der Waals surface area contributed by atoms with E-state index in [-0.39, 0.29) is 17.6 Å². The first-order chi connectivity index (χ1) is 7.46. The van der Waals surface area contributed by atoms with Crippen LogP contribution in [0.15, 0.2) is 12.4 Å². The van der Waals surface area contributed by atoms with Crippen LogP contribution in [0.3, 0.4) is 0 Å². The molecule has 1 fully saturated rings. The van der Waals surface area contributed by atoms with E-state index in [0.29, 0.717) is 0 Å². The number of ether oxygens (including phenoxy) is 2. The topological polar surface area (TPSA) is 31.4 Å². The fraction of sp³-hybridized carbons (Fsp3) is 0.583. The number of rotatable bonds is 3. The zero-order valence-electron chi connectivity index (χ0n) is 9.79. The van der Waals surface area contributed by atoms with E-state index in [1.165, 1.54) is 12.4 Å². The maximum Gasteiger partial charge on any atom is 0.210 e. The summed E-state index contributed by atoms with van der Waals surface area (Å²) >= 11 is 0. The lowest BCUT2D eigenvalue weighted by molar-refractivity contribution is 0.122. The molecule has 0 aliphatic heterocycles. The van der Waals surface area contributed by atoms with Crippen LogP contribution in [0.4, 0.5) is 4.39 Å². The van der Waals surface area contributed by atoms with Crippen molar-refractivity contribution in [3.8, 4) is 11.5 Å². The smallest absolute Gasteiger partial charge is 0.210 e. The van der Waals surface area contributed by atoms with Gasteiger partial charge < -0.3 is 9.47 Å². The van der Waals surface area contributed by atoms with Gasteiger partial charge in [-0.3, -0.25) is 4.98 Å². The average molecular weight is 225 g/mol. The Hall–Kier alpha value is -1.32. The van der Waals surface area contributed by atoms with E-state index in [1.54, 1.807) is 0 Å². The number of pyridine rings is 1. The Morgan fingerprint density at radius 3 is 2.44 bits per heavy atom. The van der Waals surface area contributed by atoms with Gasteiger partial charge in [0, 0.05) is 0 Å². The molecule has 0 aromatic carbocycles. The van der Waals surface area contributed by atoms with Crippen LogP contribution in [0.25, 0.3) is 0 Å². The van der Waals surface area contributed by atoms with Gasteiger partial charge in [-0.2, -0.15) is 4.39 Å². The van der Waals surface area contributed by atoms with E-state index < -0.39 is 11.4 Å². The molecular formula is C12H16FNO2. The summed E-state index contributed by atoms with van der Waals surface area (Å²) in [5, 5.41) is 0. The van der Waals surface area contributed by atoms with Crippen molar-refractivity contribution in [2.75, 3.05) is 0 Å². The zero-order chi connectivity index (χ0) is 11.8. The molecule has 0 bridgehead atoms. The van der Waals surface area contributed by atoms with E-state index in [0.717, 1.165) is 12.8 Å². The normalized spacial score (nSPS) is 16.0. The van der Waals surface area contributed by atoms with Gasteiger partial charge in [0.25, 0.3) is 0 Å². The van der Waals surface area contributed by atoms with Gasteiger partial charge in [-0.15, -0.1) is 0 Å². The van der Waals surface area contributed by atoms with Crippen molar-refractivity contribution in [1.29, 1.82) is 0 Å². The van der Waals surface area contributed by atoms with Gasteiger partial charge in [0.05, 0.1) is 18.5 Å². The van der Waals surface area contributed by atoms with E-state index in [2.05, 4.69) is 4.98 Å². The van der Waals surface area contributed by atoms with Gasteiger partial charge in [-0.1, -0.05) is 0 Å². The average Bonchev–Trinajstić information content (AvgIpc) is 2.93. The van der Waals surface area contributed by atoms with Crippen LogP contribution in [-0.4, -0.2) is 16.7 Å². The molecule has 88 valence electrons. The molecule has 0 radical (unpaired) electrons. The second kappa shape index (κ2) is 3.92. The summed E-state index contributed by atoms with van der Waals surface area (Å²) in [6.45, 7) is 5.59. The van der Waals surface area contributed by atoms with Crippen LogP contribution in [0.5, 0.6) is 11.5 Å². The predicted octanol–water partition coefficient (Wildman–Crippen LogP) is 2.94. The van der Waals surface area contributed by atoms with Gasteiger partial charge in [-0.25, -0.2) is 0 Å². The van der Waals surface area contributed by atoms with Crippen molar-refractivity contribution in [2.45, 2.75) is 45.3 Å². The molecule has 1 heterocycles. The van der Waals surface area contributed by atoms with Crippen molar-refractivity contribution in [2.24, 2.45) is 0 Å². The number of hydrogen-bond donors (Lipinski definition) is 0. The highest BCUT2D eigenvalue weighted by Crippen LogP contribution is 2.32. The maximum atomic E-state index is 13.9. The lowest BCUT2D eigenvalue weighted by atomic mass is 10.2. The van der Waals surface area contributed by atoms with Crippen molar-refractivity contribution in [3.63, 3.8) is 0 Å². The van der Waals surface area contributed by atoms with Crippen LogP contribution in [-0.2, 0) is 0 Å². The number of nitrogens with zero attached hydrogens (tertiary/aromatic N) is 1. The zero-order valence-corrected chi connectivity index (χ0v) is 9.79. The summed E-state index contributed by atoms with van der Waals surface area (Å²) < 4.78 is 24.8. The van der Waals surface area contributed by atoms with Crippen molar-refractivity contribution >= 4 is 0 Å². The summed E-state index contributed by atoms with van der Waals surface area (Å²) in [5.74, 6) is -0.133. The SMILES string of the molecule is CC(C)(C)Oc1cncc(OC2CC2)c1F. The summed E-state index contributed by atoms with van der Waals surface area (Å²) in [5.41, 5.74) is -0.444. The minimum Gasteiger partial charge on any atom is -0.486 e. The molecular weight excluding hydrogens is 209 g/mol. The molecule has 0 unspecified atom stereocenters. The first-order valence-corrected chi connectivity index (χ1v) is 5.45. The highest BCUT2D eigenvalue weighted by molar-refractivity contribution is 5.32. The fourth-order valence-corrected chi connectivity index (χ4v) is 1.26. The van der Waals surface area contributed by atoms with Crippen molar-refractivity contribution in [3.05, 3.63) is 18.2 Å². The quantitative estimate of drug-likeness (QED) is 0.792. The maximum absolute atomic E-state index is 13.9. The number of hydrogen-bond acceptors (Lipinski definition) is 3. The minimum absolute atomic E-state index is 0.144. The molecule has 0 amide bonds. The molecule has 1 aromatic heterocycles. The summed E-state index contributed by atoms with van der Waals surface area (Å²) in [4.78, 5) is 3.92. The van der Waals surface area contributed by atoms with E-state index >= 15 is 0 Å². The van der Waals surface area contributed by atoms with Crippen LogP contribution in [0, 0.1) is 5.82 Å². The van der Waals surface area contributed by atoms with Gasteiger partial charge in [0.1, 0.15) is 5.60 Å². The largest absolute Gasteiger partial charge is 0.486 e. The van der Waals surface area contributed by atoms with Gasteiger partial charge in [0.2, 0.25) is 5.82 Å².